The third-order valence-corrected chi connectivity index (χ3v) is 4.55. The maximum atomic E-state index is 11.7. The van der Waals surface area contributed by atoms with Crippen molar-refractivity contribution in [2.24, 2.45) is 0 Å². The molecule has 0 saturated carbocycles. The predicted octanol–water partition coefficient (Wildman–Crippen LogP) is 3.23. The molecular weight excluding hydrogens is 324 g/mol. The molecule has 0 fully saturated rings. The molecule has 0 saturated heterocycles. The maximum absolute atomic E-state index is 11.7. The van der Waals surface area contributed by atoms with E-state index in [0.29, 0.717) is 16.6 Å². The highest BCUT2D eigenvalue weighted by Crippen LogP contribution is 2.38. The number of pyridine rings is 1. The van der Waals surface area contributed by atoms with Gasteiger partial charge in [-0.25, -0.2) is 0 Å². The van der Waals surface area contributed by atoms with Crippen LogP contribution in [0.3, 0.4) is 0 Å². The van der Waals surface area contributed by atoms with Gasteiger partial charge in [0.25, 0.3) is 5.56 Å². The quantitative estimate of drug-likeness (QED) is 0.680. The van der Waals surface area contributed by atoms with Crippen molar-refractivity contribution in [3.63, 3.8) is 0 Å². The average molecular weight is 338 g/mol. The van der Waals surface area contributed by atoms with E-state index < -0.39 is 5.56 Å². The highest BCUT2D eigenvalue weighted by Gasteiger charge is 2.17. The number of benzene rings is 1. The molecule has 0 amide bonds. The van der Waals surface area contributed by atoms with E-state index in [1.54, 1.807) is 6.07 Å². The topological polar surface area (TPSA) is 97.1 Å². The minimum absolute atomic E-state index is 0.119. The smallest absolute Gasteiger partial charge is 0.270 e. The van der Waals surface area contributed by atoms with E-state index in [1.165, 1.54) is 11.3 Å². The van der Waals surface area contributed by atoms with Crippen LogP contribution in [0.1, 0.15) is 17.5 Å². The van der Waals surface area contributed by atoms with Crippen molar-refractivity contribution in [1.29, 1.82) is 5.26 Å². The number of aliphatic hydroxyl groups is 1. The molecule has 120 valence electrons. The first-order valence-electron chi connectivity index (χ1n) is 7.30. The van der Waals surface area contributed by atoms with Crippen LogP contribution in [0.5, 0.6) is 5.75 Å². The number of fused-ring (bicyclic) bond motifs is 1. The Morgan fingerprint density at radius 2 is 2.04 bits per heavy atom. The molecule has 0 aliphatic carbocycles. The molecule has 0 unspecified atom stereocenters. The fraction of sp³-hybridized carbons (Fsp3) is 0.111. The van der Waals surface area contributed by atoms with Crippen molar-refractivity contribution in [2.75, 3.05) is 6.61 Å². The highest BCUT2D eigenvalue weighted by molar-refractivity contribution is 7.17. The molecule has 1 aromatic carbocycles. The molecule has 0 atom stereocenters. The van der Waals surface area contributed by atoms with E-state index in [0.717, 1.165) is 16.7 Å². The Labute approximate surface area is 141 Å². The third kappa shape index (κ3) is 2.83. The van der Waals surface area contributed by atoms with Crippen LogP contribution in [0.15, 0.2) is 40.5 Å². The van der Waals surface area contributed by atoms with Crippen LogP contribution in [0.2, 0.25) is 0 Å². The molecule has 6 heteroatoms. The zero-order chi connectivity index (χ0) is 17.1. The number of rotatable bonds is 4. The monoisotopic (exact) mass is 338 g/mol. The van der Waals surface area contributed by atoms with Gasteiger partial charge in [-0.1, -0.05) is 36.4 Å². The Bertz CT molecular complexity index is 1010. The zero-order valence-electron chi connectivity index (χ0n) is 12.6. The molecule has 2 aromatic heterocycles. The zero-order valence-corrected chi connectivity index (χ0v) is 13.4. The summed E-state index contributed by atoms with van der Waals surface area (Å²) >= 11 is 1.31. The summed E-state index contributed by atoms with van der Waals surface area (Å²) in [6, 6.07) is 9.43. The Kier molecular flexibility index (Phi) is 4.47. The first-order chi connectivity index (χ1) is 11.7. The lowest BCUT2D eigenvalue weighted by molar-refractivity contribution is 0.303. The molecule has 0 spiro atoms. The van der Waals surface area contributed by atoms with E-state index in [2.05, 4.69) is 4.98 Å². The van der Waals surface area contributed by atoms with E-state index in [9.17, 15) is 9.90 Å². The largest absolute Gasteiger partial charge is 0.506 e. The summed E-state index contributed by atoms with van der Waals surface area (Å²) in [6.45, 7) is 0.119. The standard InChI is InChI=1S/C18H14N2O3S/c19-9-13-16(22)15-14(10-24-18(15)20-17(13)23)12-6-4-11(5-7-12)3-1-2-8-21/h1,3-7,10,21H,2,8H2,(H2,20,22,23). The fourth-order valence-corrected chi connectivity index (χ4v) is 3.43. The lowest BCUT2D eigenvalue weighted by atomic mass is 10.0. The summed E-state index contributed by atoms with van der Waals surface area (Å²) in [4.78, 5) is 14.9. The maximum Gasteiger partial charge on any atom is 0.270 e. The van der Waals surface area contributed by atoms with E-state index >= 15 is 0 Å². The summed E-state index contributed by atoms with van der Waals surface area (Å²) in [5.41, 5.74) is 1.80. The van der Waals surface area contributed by atoms with Crippen LogP contribution in [0, 0.1) is 11.3 Å². The van der Waals surface area contributed by atoms with Crippen LogP contribution in [-0.4, -0.2) is 21.8 Å². The second-order valence-corrected chi connectivity index (χ2v) is 6.06. The SMILES string of the molecule is N#Cc1c(O)c2c(-c3ccc(C=CCCO)cc3)csc2[nH]c1=O. The van der Waals surface area contributed by atoms with Gasteiger partial charge in [-0.05, 0) is 17.5 Å². The first-order valence-corrected chi connectivity index (χ1v) is 8.18. The number of hydrogen-bond donors (Lipinski definition) is 3. The van der Waals surface area contributed by atoms with Crippen LogP contribution >= 0.6 is 11.3 Å². The lowest BCUT2D eigenvalue weighted by Crippen LogP contribution is -2.09. The lowest BCUT2D eigenvalue weighted by Gasteiger charge is -2.04. The van der Waals surface area contributed by atoms with Gasteiger partial charge in [-0.2, -0.15) is 5.26 Å². The predicted molar refractivity (Wildman–Crippen MR) is 95.0 cm³/mol. The number of aromatic hydroxyl groups is 1. The molecule has 0 radical (unpaired) electrons. The van der Waals surface area contributed by atoms with Crippen molar-refractivity contribution < 1.29 is 10.2 Å². The van der Waals surface area contributed by atoms with Gasteiger partial charge in [-0.3, -0.25) is 4.79 Å². The van der Waals surface area contributed by atoms with Crippen molar-refractivity contribution in [1.82, 2.24) is 4.98 Å². The Balaban J connectivity index is 2.07. The highest BCUT2D eigenvalue weighted by atomic mass is 32.1. The van der Waals surface area contributed by atoms with E-state index in [1.807, 2.05) is 41.8 Å². The third-order valence-electron chi connectivity index (χ3n) is 3.66. The van der Waals surface area contributed by atoms with Crippen molar-refractivity contribution in [3.8, 4) is 22.9 Å². The number of nitriles is 1. The van der Waals surface area contributed by atoms with Crippen LogP contribution in [0.25, 0.3) is 27.4 Å². The summed E-state index contributed by atoms with van der Waals surface area (Å²) in [5.74, 6) is -0.278. The molecule has 3 rings (SSSR count). The van der Waals surface area contributed by atoms with Gasteiger partial charge in [0, 0.05) is 17.6 Å². The van der Waals surface area contributed by atoms with Crippen molar-refractivity contribution >= 4 is 27.6 Å². The van der Waals surface area contributed by atoms with Gasteiger partial charge in [-0.15, -0.1) is 11.3 Å². The summed E-state index contributed by atoms with van der Waals surface area (Å²) in [6.07, 6.45) is 4.42. The van der Waals surface area contributed by atoms with Gasteiger partial charge in [0.2, 0.25) is 0 Å². The summed E-state index contributed by atoms with van der Waals surface area (Å²) in [7, 11) is 0. The molecule has 0 bridgehead atoms. The van der Waals surface area contributed by atoms with Gasteiger partial charge in [0.1, 0.15) is 16.6 Å². The normalized spacial score (nSPS) is 11.2. The minimum atomic E-state index is -0.583. The van der Waals surface area contributed by atoms with Gasteiger partial charge in [0.15, 0.2) is 5.56 Å². The van der Waals surface area contributed by atoms with Crippen molar-refractivity contribution in [2.45, 2.75) is 6.42 Å². The summed E-state index contributed by atoms with van der Waals surface area (Å²) < 4.78 is 0. The number of nitrogens with zero attached hydrogens (tertiary/aromatic N) is 1. The van der Waals surface area contributed by atoms with Gasteiger partial charge < -0.3 is 15.2 Å². The summed E-state index contributed by atoms with van der Waals surface area (Å²) in [5, 5.41) is 30.4. The number of aromatic amines is 1. The molecule has 2 heterocycles. The number of hydrogen-bond acceptors (Lipinski definition) is 5. The average Bonchev–Trinajstić information content (AvgIpc) is 3.00. The molecule has 0 aliphatic heterocycles. The van der Waals surface area contributed by atoms with Gasteiger partial charge in [0.05, 0.1) is 5.39 Å². The second-order valence-electron chi connectivity index (χ2n) is 5.18. The number of nitrogens with one attached hydrogen (secondary N) is 1. The number of aliphatic hydroxyl groups excluding tert-OH is 1. The molecule has 5 nitrogen and oxygen atoms in total. The van der Waals surface area contributed by atoms with Crippen LogP contribution in [-0.2, 0) is 0 Å². The molecule has 24 heavy (non-hydrogen) atoms. The Morgan fingerprint density at radius 1 is 1.29 bits per heavy atom. The molecular formula is C18H14N2O3S. The fourth-order valence-electron chi connectivity index (χ4n) is 2.47. The van der Waals surface area contributed by atoms with Crippen LogP contribution < -0.4 is 5.56 Å². The second kappa shape index (κ2) is 6.71. The molecule has 3 N–H and O–H groups in total. The molecule has 0 aliphatic rings. The molecule has 3 aromatic rings. The van der Waals surface area contributed by atoms with E-state index in [4.69, 9.17) is 10.4 Å². The number of thiophene rings is 1. The van der Waals surface area contributed by atoms with Gasteiger partial charge >= 0.3 is 0 Å². The number of aromatic nitrogens is 1. The van der Waals surface area contributed by atoms with E-state index in [-0.39, 0.29) is 17.9 Å². The van der Waals surface area contributed by atoms with Crippen LogP contribution in [0.4, 0.5) is 0 Å². The minimum Gasteiger partial charge on any atom is -0.506 e. The number of H-pyrrole nitrogens is 1. The Hall–Kier alpha value is -2.88. The van der Waals surface area contributed by atoms with Crippen molar-refractivity contribution in [3.05, 3.63) is 57.2 Å². The Morgan fingerprint density at radius 3 is 2.71 bits per heavy atom. The first kappa shape index (κ1) is 16.0.